The molecule has 8 nitrogen and oxygen atoms in total. The van der Waals surface area contributed by atoms with Crippen molar-refractivity contribution >= 4 is 34.7 Å². The highest BCUT2D eigenvalue weighted by atomic mass is 32.2. The average molecular weight is 471 g/mol. The van der Waals surface area contributed by atoms with Crippen LogP contribution >= 0.6 is 11.8 Å². The van der Waals surface area contributed by atoms with E-state index in [1.165, 1.54) is 42.1 Å². The molecule has 0 fully saturated rings. The average Bonchev–Trinajstić information content (AvgIpc) is 3.23. The molecule has 2 heterocycles. The number of ketones is 1. The lowest BCUT2D eigenvalue weighted by Gasteiger charge is -2.09. The Labute approximate surface area is 198 Å². The molecule has 0 aliphatic rings. The summed E-state index contributed by atoms with van der Waals surface area (Å²) >= 11 is 1.21. The molecular formula is C25H17N3O5S. The van der Waals surface area contributed by atoms with Gasteiger partial charge in [0.25, 0.3) is 5.69 Å². The van der Waals surface area contributed by atoms with Gasteiger partial charge < -0.3 is 9.14 Å². The minimum absolute atomic E-state index is 0.0337. The first-order valence-electron chi connectivity index (χ1n) is 10.1. The van der Waals surface area contributed by atoms with Gasteiger partial charge >= 0.3 is 5.97 Å². The number of nitro benzene ring substituents is 1. The number of carbonyl (C=O) groups excluding carboxylic acids is 2. The second-order valence-electron chi connectivity index (χ2n) is 7.23. The summed E-state index contributed by atoms with van der Waals surface area (Å²) < 4.78 is 7.21. The van der Waals surface area contributed by atoms with Crippen LogP contribution in [0.2, 0.25) is 0 Å². The van der Waals surface area contributed by atoms with Gasteiger partial charge in [-0.2, -0.15) is 5.26 Å². The van der Waals surface area contributed by atoms with Crippen LogP contribution in [0.25, 0.3) is 5.52 Å². The van der Waals surface area contributed by atoms with Crippen LogP contribution in [0.5, 0.6) is 0 Å². The Morgan fingerprint density at radius 2 is 1.85 bits per heavy atom. The first kappa shape index (κ1) is 22.8. The largest absolute Gasteiger partial charge is 0.457 e. The second kappa shape index (κ2) is 9.60. The molecule has 9 heteroatoms. The van der Waals surface area contributed by atoms with Crippen molar-refractivity contribution in [1.29, 1.82) is 5.26 Å². The number of esters is 1. The lowest BCUT2D eigenvalue weighted by Crippen LogP contribution is -2.13. The topological polar surface area (TPSA) is 115 Å². The highest BCUT2D eigenvalue weighted by Crippen LogP contribution is 2.29. The van der Waals surface area contributed by atoms with Gasteiger partial charge in [0.1, 0.15) is 12.7 Å². The number of carbonyl (C=O) groups is 2. The minimum Gasteiger partial charge on any atom is -0.457 e. The lowest BCUT2D eigenvalue weighted by molar-refractivity contribution is -0.387. The molecule has 0 amide bonds. The van der Waals surface area contributed by atoms with E-state index < -0.39 is 16.7 Å². The molecular weight excluding hydrogens is 454 g/mol. The van der Waals surface area contributed by atoms with Crippen molar-refractivity contribution in [3.05, 3.63) is 111 Å². The van der Waals surface area contributed by atoms with Crippen molar-refractivity contribution in [2.24, 2.45) is 0 Å². The summed E-state index contributed by atoms with van der Waals surface area (Å²) in [6, 6.07) is 17.9. The number of aromatic nitrogens is 1. The minimum atomic E-state index is -0.738. The Bertz CT molecular complexity index is 1490. The van der Waals surface area contributed by atoms with Crippen LogP contribution in [-0.2, 0) is 11.3 Å². The van der Waals surface area contributed by atoms with Crippen LogP contribution < -0.4 is 0 Å². The maximum absolute atomic E-state index is 13.2. The van der Waals surface area contributed by atoms with Crippen molar-refractivity contribution in [3.8, 4) is 6.07 Å². The molecule has 0 spiro atoms. The molecule has 0 N–H and O–H groups in total. The van der Waals surface area contributed by atoms with E-state index in [0.717, 1.165) is 0 Å². The number of nitrogens with zero attached hydrogens (tertiary/aromatic N) is 3. The Balaban J connectivity index is 1.61. The normalized spacial score (nSPS) is 10.6. The van der Waals surface area contributed by atoms with Crippen LogP contribution in [0.15, 0.2) is 78.0 Å². The van der Waals surface area contributed by atoms with Crippen molar-refractivity contribution in [3.63, 3.8) is 0 Å². The van der Waals surface area contributed by atoms with Crippen LogP contribution in [0.3, 0.4) is 0 Å². The van der Waals surface area contributed by atoms with E-state index >= 15 is 0 Å². The molecule has 0 bridgehead atoms. The summed E-state index contributed by atoms with van der Waals surface area (Å²) in [5.74, 6) is -1.27. The van der Waals surface area contributed by atoms with E-state index in [-0.39, 0.29) is 29.0 Å². The van der Waals surface area contributed by atoms with E-state index in [4.69, 9.17) is 4.74 Å². The highest BCUT2D eigenvalue weighted by Gasteiger charge is 2.23. The first-order chi connectivity index (χ1) is 16.4. The molecule has 0 unspecified atom stereocenters. The summed E-state index contributed by atoms with van der Waals surface area (Å²) in [5.41, 5.74) is 1.65. The number of thioether (sulfide) groups is 1. The summed E-state index contributed by atoms with van der Waals surface area (Å²) in [6.45, 7) is -0.153. The quantitative estimate of drug-likeness (QED) is 0.122. The van der Waals surface area contributed by atoms with Gasteiger partial charge in [-0.3, -0.25) is 14.9 Å². The molecule has 0 saturated carbocycles. The molecule has 2 aromatic heterocycles. The van der Waals surface area contributed by atoms with Crippen molar-refractivity contribution in [1.82, 2.24) is 4.40 Å². The molecule has 2 aromatic carbocycles. The number of fused-ring (bicyclic) bond motifs is 1. The monoisotopic (exact) mass is 471 g/mol. The van der Waals surface area contributed by atoms with Gasteiger partial charge in [0.2, 0.25) is 0 Å². The number of hydrogen-bond donors (Lipinski definition) is 0. The number of ether oxygens (including phenoxy) is 1. The highest BCUT2D eigenvalue weighted by molar-refractivity contribution is 7.98. The summed E-state index contributed by atoms with van der Waals surface area (Å²) in [7, 11) is 0. The van der Waals surface area contributed by atoms with Gasteiger partial charge in [-0.25, -0.2) is 4.79 Å². The Hall–Kier alpha value is -4.42. The third-order valence-corrected chi connectivity index (χ3v) is 6.05. The predicted octanol–water partition coefficient (Wildman–Crippen LogP) is 5.03. The summed E-state index contributed by atoms with van der Waals surface area (Å²) in [5, 5.41) is 20.9. The van der Waals surface area contributed by atoms with Crippen molar-refractivity contribution < 1.29 is 19.2 Å². The number of hydrogen-bond acceptors (Lipinski definition) is 7. The molecule has 0 atom stereocenters. The van der Waals surface area contributed by atoms with E-state index in [2.05, 4.69) is 6.07 Å². The maximum Gasteiger partial charge on any atom is 0.339 e. The van der Waals surface area contributed by atoms with E-state index in [9.17, 15) is 25.0 Å². The van der Waals surface area contributed by atoms with E-state index in [1.54, 1.807) is 41.2 Å². The number of pyridine rings is 1. The number of nitro groups is 1. The van der Waals surface area contributed by atoms with Gasteiger partial charge in [-0.05, 0) is 36.6 Å². The molecule has 34 heavy (non-hydrogen) atoms. The summed E-state index contributed by atoms with van der Waals surface area (Å²) in [6.07, 6.45) is 5.21. The fourth-order valence-electron chi connectivity index (χ4n) is 3.63. The third kappa shape index (κ3) is 4.27. The Kier molecular flexibility index (Phi) is 6.43. The zero-order valence-corrected chi connectivity index (χ0v) is 18.7. The summed E-state index contributed by atoms with van der Waals surface area (Å²) in [4.78, 5) is 37.3. The van der Waals surface area contributed by atoms with Crippen LogP contribution in [0, 0.1) is 21.4 Å². The van der Waals surface area contributed by atoms with Gasteiger partial charge in [0.05, 0.1) is 26.5 Å². The first-order valence-corrected chi connectivity index (χ1v) is 11.3. The number of rotatable bonds is 7. The lowest BCUT2D eigenvalue weighted by atomic mass is 9.98. The molecule has 4 rings (SSSR count). The van der Waals surface area contributed by atoms with Gasteiger partial charge in [0, 0.05) is 35.2 Å². The van der Waals surface area contributed by atoms with Crippen LogP contribution in [0.1, 0.15) is 37.4 Å². The Morgan fingerprint density at radius 1 is 1.12 bits per heavy atom. The maximum atomic E-state index is 13.2. The van der Waals surface area contributed by atoms with Gasteiger partial charge in [0.15, 0.2) is 5.78 Å². The molecule has 0 radical (unpaired) electrons. The molecule has 168 valence electrons. The zero-order chi connectivity index (χ0) is 24.2. The zero-order valence-electron chi connectivity index (χ0n) is 17.9. The molecule has 4 aromatic rings. The third-order valence-electron chi connectivity index (χ3n) is 5.26. The smallest absolute Gasteiger partial charge is 0.339 e. The standard InChI is InChI=1S/C25H17N3O5S/c1-34-23-10-9-16(12-22(23)28(31)32)24(29)18-6-2-3-7-19(18)25(30)33-15-17-14-27-11-5-4-8-21(27)20(17)13-26/h2-12,14H,15H2,1H3. The molecule has 0 saturated heterocycles. The predicted molar refractivity (Wildman–Crippen MR) is 126 cm³/mol. The SMILES string of the molecule is CSc1ccc(C(=O)c2ccccc2C(=O)OCc2cn3ccccc3c2C#N)cc1[N+](=O)[O-]. The van der Waals surface area contributed by atoms with Gasteiger partial charge in [-0.1, -0.05) is 24.3 Å². The van der Waals surface area contributed by atoms with E-state index in [1.807, 2.05) is 12.1 Å². The van der Waals surface area contributed by atoms with Gasteiger partial charge in [-0.15, -0.1) is 11.8 Å². The second-order valence-corrected chi connectivity index (χ2v) is 8.08. The molecule has 0 aliphatic carbocycles. The fourth-order valence-corrected chi connectivity index (χ4v) is 4.17. The number of benzene rings is 2. The Morgan fingerprint density at radius 3 is 2.56 bits per heavy atom. The fraction of sp³-hybridized carbons (Fsp3) is 0.0800. The van der Waals surface area contributed by atoms with Crippen LogP contribution in [-0.4, -0.2) is 27.3 Å². The van der Waals surface area contributed by atoms with Crippen molar-refractivity contribution in [2.45, 2.75) is 11.5 Å². The number of nitriles is 1. The van der Waals surface area contributed by atoms with E-state index in [0.29, 0.717) is 21.5 Å². The van der Waals surface area contributed by atoms with Crippen molar-refractivity contribution in [2.75, 3.05) is 6.26 Å². The molecule has 0 aliphatic heterocycles. The van der Waals surface area contributed by atoms with Crippen LogP contribution in [0.4, 0.5) is 5.69 Å².